The van der Waals surface area contributed by atoms with Gasteiger partial charge in [0.15, 0.2) is 0 Å². The maximum Gasteiger partial charge on any atom is 0.400 e. The second kappa shape index (κ2) is 18.5. The zero-order valence-corrected chi connectivity index (χ0v) is 16.4. The predicted molar refractivity (Wildman–Crippen MR) is 93.9 cm³/mol. The Bertz CT molecular complexity index is 333. The third-order valence-electron chi connectivity index (χ3n) is 2.94. The van der Waals surface area contributed by atoms with E-state index in [0.29, 0.717) is 39.6 Å². The molecule has 0 aliphatic carbocycles. The van der Waals surface area contributed by atoms with Gasteiger partial charge in [0.25, 0.3) is 0 Å². The van der Waals surface area contributed by atoms with Crippen LogP contribution in [0.2, 0.25) is 0 Å². The molecule has 0 rings (SSSR count). The van der Waals surface area contributed by atoms with Gasteiger partial charge in [0.1, 0.15) is 0 Å². The van der Waals surface area contributed by atoms with Crippen LogP contribution in [0, 0.1) is 0 Å². The Labute approximate surface area is 152 Å². The molecule has 0 atom stereocenters. The minimum Gasteiger partial charge on any atom is -0.379 e. The van der Waals surface area contributed by atoms with Crippen LogP contribution in [-0.4, -0.2) is 74.5 Å². The van der Waals surface area contributed by atoms with E-state index >= 15 is 0 Å². The molecule has 0 aromatic rings. The number of ether oxygens (including phenoxy) is 4. The molecule has 0 bridgehead atoms. The Hall–Kier alpha value is -0.290. The van der Waals surface area contributed by atoms with E-state index < -0.39 is 10.4 Å². The highest BCUT2D eigenvalue weighted by Gasteiger charge is 2.11. The summed E-state index contributed by atoms with van der Waals surface area (Å²) in [5, 5.41) is 0. The minimum absolute atomic E-state index is 0.0938. The molecule has 0 unspecified atom stereocenters. The molecular formula is C16H34O8S. The third kappa shape index (κ3) is 19.9. The molecular weight excluding hydrogens is 352 g/mol. The van der Waals surface area contributed by atoms with Crippen molar-refractivity contribution in [3.8, 4) is 0 Å². The van der Waals surface area contributed by atoms with Crippen molar-refractivity contribution in [1.29, 1.82) is 0 Å². The number of rotatable bonds is 20. The molecule has 25 heavy (non-hydrogen) atoms. The van der Waals surface area contributed by atoms with E-state index in [-0.39, 0.29) is 26.4 Å². The molecule has 0 N–H and O–H groups in total. The lowest BCUT2D eigenvalue weighted by atomic mass is 10.4. The van der Waals surface area contributed by atoms with Crippen molar-refractivity contribution in [2.45, 2.75) is 39.5 Å². The average Bonchev–Trinajstić information content (AvgIpc) is 2.59. The molecule has 0 amide bonds. The fourth-order valence-corrected chi connectivity index (χ4v) is 2.17. The van der Waals surface area contributed by atoms with Crippen LogP contribution in [0.3, 0.4) is 0 Å². The normalized spacial score (nSPS) is 11.9. The first-order chi connectivity index (χ1) is 12.1. The fraction of sp³-hybridized carbons (Fsp3) is 1.00. The van der Waals surface area contributed by atoms with Crippen LogP contribution in [0.4, 0.5) is 0 Å². The van der Waals surface area contributed by atoms with Crippen LogP contribution in [0.1, 0.15) is 39.5 Å². The molecule has 152 valence electrons. The Morgan fingerprint density at radius 3 is 1.20 bits per heavy atom. The third-order valence-corrected chi connectivity index (χ3v) is 3.85. The molecule has 8 nitrogen and oxygen atoms in total. The number of hydrogen-bond acceptors (Lipinski definition) is 8. The summed E-state index contributed by atoms with van der Waals surface area (Å²) in [7, 11) is -4.01. The van der Waals surface area contributed by atoms with E-state index in [2.05, 4.69) is 22.2 Å². The fourth-order valence-electron chi connectivity index (χ4n) is 1.56. The highest BCUT2D eigenvalue weighted by Crippen LogP contribution is 1.96. The Balaban J connectivity index is 3.35. The largest absolute Gasteiger partial charge is 0.400 e. The lowest BCUT2D eigenvalue weighted by Gasteiger charge is -2.08. The first-order valence-corrected chi connectivity index (χ1v) is 10.3. The monoisotopic (exact) mass is 386 g/mol. The summed E-state index contributed by atoms with van der Waals surface area (Å²) in [5.74, 6) is 0. The van der Waals surface area contributed by atoms with Gasteiger partial charge >= 0.3 is 10.4 Å². The Morgan fingerprint density at radius 2 is 0.840 bits per heavy atom. The van der Waals surface area contributed by atoms with Gasteiger partial charge < -0.3 is 18.9 Å². The van der Waals surface area contributed by atoms with E-state index in [1.54, 1.807) is 0 Å². The maximum absolute atomic E-state index is 11.4. The lowest BCUT2D eigenvalue weighted by Crippen LogP contribution is -2.18. The van der Waals surface area contributed by atoms with E-state index in [9.17, 15) is 8.42 Å². The van der Waals surface area contributed by atoms with Crippen LogP contribution in [0.25, 0.3) is 0 Å². The van der Waals surface area contributed by atoms with Crippen LogP contribution >= 0.6 is 0 Å². The summed E-state index contributed by atoms with van der Waals surface area (Å²) in [6, 6.07) is 0. The first kappa shape index (κ1) is 24.7. The summed E-state index contributed by atoms with van der Waals surface area (Å²) < 4.78 is 53.2. The Kier molecular flexibility index (Phi) is 18.3. The van der Waals surface area contributed by atoms with Crippen molar-refractivity contribution in [1.82, 2.24) is 0 Å². The van der Waals surface area contributed by atoms with Gasteiger partial charge in [-0.05, 0) is 12.8 Å². The van der Waals surface area contributed by atoms with Gasteiger partial charge in [0.2, 0.25) is 0 Å². The molecule has 0 radical (unpaired) electrons. The SMILES string of the molecule is CCCCOCCOCCOS(=O)(=O)OCCOCCOCCCC. The van der Waals surface area contributed by atoms with Crippen molar-refractivity contribution in [2.75, 3.05) is 66.1 Å². The summed E-state index contributed by atoms with van der Waals surface area (Å²) in [6.07, 6.45) is 4.22. The molecule has 0 aliphatic heterocycles. The first-order valence-electron chi connectivity index (χ1n) is 8.97. The molecule has 0 aromatic heterocycles. The molecule has 0 heterocycles. The topological polar surface area (TPSA) is 89.5 Å². The maximum atomic E-state index is 11.4. The molecule has 9 heteroatoms. The summed E-state index contributed by atoms with van der Waals surface area (Å²) in [5.41, 5.74) is 0. The molecule has 0 spiro atoms. The van der Waals surface area contributed by atoms with E-state index in [1.165, 1.54) is 0 Å². The van der Waals surface area contributed by atoms with Crippen molar-refractivity contribution >= 4 is 10.4 Å². The summed E-state index contributed by atoms with van der Waals surface area (Å²) in [6.45, 7) is 7.53. The van der Waals surface area contributed by atoms with Crippen molar-refractivity contribution in [3.05, 3.63) is 0 Å². The van der Waals surface area contributed by atoms with Crippen LogP contribution < -0.4 is 0 Å². The van der Waals surface area contributed by atoms with Crippen LogP contribution in [-0.2, 0) is 37.7 Å². The van der Waals surface area contributed by atoms with Crippen molar-refractivity contribution < 1.29 is 35.7 Å². The zero-order chi connectivity index (χ0) is 18.6. The smallest absolute Gasteiger partial charge is 0.379 e. The van der Waals surface area contributed by atoms with Crippen LogP contribution in [0.15, 0.2) is 0 Å². The van der Waals surface area contributed by atoms with Gasteiger partial charge in [-0.1, -0.05) is 26.7 Å². The van der Waals surface area contributed by atoms with E-state index in [1.807, 2.05) is 0 Å². The number of hydrogen-bond donors (Lipinski definition) is 0. The van der Waals surface area contributed by atoms with Gasteiger partial charge in [-0.15, -0.1) is 0 Å². The van der Waals surface area contributed by atoms with Gasteiger partial charge in [-0.3, -0.25) is 0 Å². The lowest BCUT2D eigenvalue weighted by molar-refractivity contribution is 0.0274. The molecule has 0 saturated heterocycles. The quantitative estimate of drug-likeness (QED) is 0.293. The molecule has 0 aliphatic rings. The van der Waals surface area contributed by atoms with Gasteiger partial charge in [0.05, 0.1) is 52.9 Å². The second-order valence-electron chi connectivity index (χ2n) is 5.21. The molecule has 0 aromatic carbocycles. The summed E-state index contributed by atoms with van der Waals surface area (Å²) >= 11 is 0. The average molecular weight is 387 g/mol. The standard InChI is InChI=1S/C16H34O8S/c1-3-5-7-19-9-11-21-13-15-23-25(17,18)24-16-14-22-12-10-20-8-6-4-2/h3-16H2,1-2H3. The molecule has 0 saturated carbocycles. The number of unbranched alkanes of at least 4 members (excludes halogenated alkanes) is 2. The van der Waals surface area contributed by atoms with Crippen LogP contribution in [0.5, 0.6) is 0 Å². The van der Waals surface area contributed by atoms with E-state index in [4.69, 9.17) is 18.9 Å². The van der Waals surface area contributed by atoms with Crippen molar-refractivity contribution in [2.24, 2.45) is 0 Å². The Morgan fingerprint density at radius 1 is 0.520 bits per heavy atom. The van der Waals surface area contributed by atoms with Gasteiger partial charge in [-0.2, -0.15) is 8.42 Å². The zero-order valence-electron chi connectivity index (χ0n) is 15.6. The second-order valence-corrected chi connectivity index (χ2v) is 6.50. The minimum atomic E-state index is -4.01. The van der Waals surface area contributed by atoms with Crippen molar-refractivity contribution in [3.63, 3.8) is 0 Å². The highest BCUT2D eigenvalue weighted by molar-refractivity contribution is 7.81. The van der Waals surface area contributed by atoms with Gasteiger partial charge in [-0.25, -0.2) is 8.37 Å². The van der Waals surface area contributed by atoms with E-state index in [0.717, 1.165) is 25.7 Å². The van der Waals surface area contributed by atoms with Gasteiger partial charge in [0, 0.05) is 13.2 Å². The highest BCUT2D eigenvalue weighted by atomic mass is 32.3. The summed E-state index contributed by atoms with van der Waals surface area (Å²) in [4.78, 5) is 0. The molecule has 0 fully saturated rings. The predicted octanol–water partition coefficient (Wildman–Crippen LogP) is 1.93.